The van der Waals surface area contributed by atoms with Crippen molar-refractivity contribution in [3.63, 3.8) is 0 Å². The van der Waals surface area contributed by atoms with Crippen LogP contribution in [0.4, 0.5) is 5.69 Å². The Kier molecular flexibility index (Phi) is 7.25. The van der Waals surface area contributed by atoms with Crippen LogP contribution in [0, 0.1) is 6.92 Å². The molecule has 0 radical (unpaired) electrons. The van der Waals surface area contributed by atoms with Crippen molar-refractivity contribution in [2.75, 3.05) is 32.2 Å². The maximum Gasteiger partial charge on any atom is 0.262 e. The van der Waals surface area contributed by atoms with Gasteiger partial charge in [-0.3, -0.25) is 4.79 Å². The van der Waals surface area contributed by atoms with Crippen molar-refractivity contribution >= 4 is 11.6 Å². The molecule has 0 bridgehead atoms. The molecular formula is C19H24N2O4. The van der Waals surface area contributed by atoms with Gasteiger partial charge in [0.1, 0.15) is 0 Å². The summed E-state index contributed by atoms with van der Waals surface area (Å²) in [6.45, 7) is 3.06. The number of methoxy groups -OCH3 is 1. The summed E-state index contributed by atoms with van der Waals surface area (Å²) in [6.07, 6.45) is 0. The molecule has 0 atom stereocenters. The fraction of sp³-hybridized carbons (Fsp3) is 0.316. The van der Waals surface area contributed by atoms with Crippen molar-refractivity contribution in [1.29, 1.82) is 0 Å². The lowest BCUT2D eigenvalue weighted by Crippen LogP contribution is -2.21. The number of aliphatic hydroxyl groups is 1. The van der Waals surface area contributed by atoms with Crippen LogP contribution in [0.25, 0.3) is 0 Å². The highest BCUT2D eigenvalue weighted by molar-refractivity contribution is 5.92. The minimum Gasteiger partial charge on any atom is -0.493 e. The predicted octanol–water partition coefficient (Wildman–Crippen LogP) is 2.10. The highest BCUT2D eigenvalue weighted by atomic mass is 16.5. The molecule has 0 aromatic heterocycles. The number of hydrogen-bond donors (Lipinski definition) is 3. The summed E-state index contributed by atoms with van der Waals surface area (Å²) in [7, 11) is 1.56. The van der Waals surface area contributed by atoms with E-state index in [1.165, 1.54) is 0 Å². The Balaban J connectivity index is 1.93. The number of benzene rings is 2. The average molecular weight is 344 g/mol. The first-order chi connectivity index (χ1) is 12.1. The number of nitrogens with one attached hydrogen (secondary N) is 2. The first-order valence-corrected chi connectivity index (χ1v) is 8.11. The van der Waals surface area contributed by atoms with Crippen LogP contribution in [0.5, 0.6) is 11.5 Å². The number of carbonyl (C=O) groups excluding carboxylic acids is 1. The zero-order chi connectivity index (χ0) is 18.1. The predicted molar refractivity (Wildman–Crippen MR) is 97.1 cm³/mol. The number of anilines is 1. The van der Waals surface area contributed by atoms with E-state index in [0.717, 1.165) is 16.8 Å². The summed E-state index contributed by atoms with van der Waals surface area (Å²) < 4.78 is 10.9. The second-order valence-corrected chi connectivity index (χ2v) is 5.54. The summed E-state index contributed by atoms with van der Waals surface area (Å²) in [5.41, 5.74) is 2.77. The molecule has 0 aliphatic rings. The largest absolute Gasteiger partial charge is 0.493 e. The number of aliphatic hydroxyl groups excluding tert-OH is 1. The molecule has 134 valence electrons. The average Bonchev–Trinajstić information content (AvgIpc) is 2.62. The zero-order valence-corrected chi connectivity index (χ0v) is 14.5. The van der Waals surface area contributed by atoms with Gasteiger partial charge in [0.05, 0.1) is 13.7 Å². The molecule has 0 aliphatic carbocycles. The van der Waals surface area contributed by atoms with E-state index in [9.17, 15) is 4.79 Å². The van der Waals surface area contributed by atoms with Crippen LogP contribution in [-0.4, -0.2) is 37.9 Å². The van der Waals surface area contributed by atoms with Gasteiger partial charge in [0.2, 0.25) is 0 Å². The molecule has 1 amide bonds. The highest BCUT2D eigenvalue weighted by Crippen LogP contribution is 2.28. The maximum absolute atomic E-state index is 12.1. The molecule has 2 aromatic carbocycles. The standard InChI is InChI=1S/C19H24N2O4/c1-14-5-3-4-6-16(14)21-19(23)13-25-17-8-7-15(11-18(17)24-2)12-20-9-10-22/h3-8,11,20,22H,9-10,12-13H2,1-2H3,(H,21,23). The Bertz CT molecular complexity index is 704. The van der Waals surface area contributed by atoms with Crippen LogP contribution in [0.3, 0.4) is 0 Å². The van der Waals surface area contributed by atoms with Crippen LogP contribution in [0.2, 0.25) is 0 Å². The number of carbonyl (C=O) groups is 1. The van der Waals surface area contributed by atoms with E-state index in [2.05, 4.69) is 10.6 Å². The van der Waals surface area contributed by atoms with Crippen molar-refractivity contribution in [3.05, 3.63) is 53.6 Å². The monoisotopic (exact) mass is 344 g/mol. The number of aryl methyl sites for hydroxylation is 1. The van der Waals surface area contributed by atoms with E-state index in [4.69, 9.17) is 14.6 Å². The van der Waals surface area contributed by atoms with Crippen molar-refractivity contribution in [3.8, 4) is 11.5 Å². The maximum atomic E-state index is 12.1. The van der Waals surface area contributed by atoms with Gasteiger partial charge in [-0.05, 0) is 36.2 Å². The Morgan fingerprint density at radius 1 is 1.16 bits per heavy atom. The molecule has 0 saturated heterocycles. The van der Waals surface area contributed by atoms with Crippen LogP contribution >= 0.6 is 0 Å². The van der Waals surface area contributed by atoms with Crippen LogP contribution in [0.15, 0.2) is 42.5 Å². The van der Waals surface area contributed by atoms with Crippen molar-refractivity contribution in [2.45, 2.75) is 13.5 Å². The lowest BCUT2D eigenvalue weighted by atomic mass is 10.2. The molecule has 0 aliphatic heterocycles. The van der Waals surface area contributed by atoms with Crippen molar-refractivity contribution in [2.24, 2.45) is 0 Å². The summed E-state index contributed by atoms with van der Waals surface area (Å²) in [6, 6.07) is 13.1. The van der Waals surface area contributed by atoms with E-state index in [0.29, 0.717) is 24.6 Å². The fourth-order valence-electron chi connectivity index (χ4n) is 2.30. The van der Waals surface area contributed by atoms with Gasteiger partial charge in [-0.15, -0.1) is 0 Å². The molecular weight excluding hydrogens is 320 g/mol. The fourth-order valence-corrected chi connectivity index (χ4v) is 2.30. The summed E-state index contributed by atoms with van der Waals surface area (Å²) in [5.74, 6) is 0.838. The smallest absolute Gasteiger partial charge is 0.262 e. The second kappa shape index (κ2) is 9.66. The van der Waals surface area contributed by atoms with Crippen LogP contribution in [-0.2, 0) is 11.3 Å². The molecule has 3 N–H and O–H groups in total. The molecule has 0 spiro atoms. The summed E-state index contributed by atoms with van der Waals surface area (Å²) >= 11 is 0. The number of para-hydroxylation sites is 1. The van der Waals surface area contributed by atoms with Crippen molar-refractivity contribution in [1.82, 2.24) is 5.32 Å². The van der Waals surface area contributed by atoms with E-state index in [-0.39, 0.29) is 19.1 Å². The van der Waals surface area contributed by atoms with Gasteiger partial charge in [0.25, 0.3) is 5.91 Å². The molecule has 6 heteroatoms. The molecule has 0 saturated carbocycles. The molecule has 0 unspecified atom stereocenters. The third-order valence-electron chi connectivity index (χ3n) is 3.62. The van der Waals surface area contributed by atoms with Gasteiger partial charge in [-0.2, -0.15) is 0 Å². The lowest BCUT2D eigenvalue weighted by Gasteiger charge is -2.13. The SMILES string of the molecule is COc1cc(CNCCO)ccc1OCC(=O)Nc1ccccc1C. The van der Waals surface area contributed by atoms with Crippen LogP contribution < -0.4 is 20.1 Å². The summed E-state index contributed by atoms with van der Waals surface area (Å²) in [4.78, 5) is 12.1. The Morgan fingerprint density at radius 3 is 2.68 bits per heavy atom. The molecule has 6 nitrogen and oxygen atoms in total. The van der Waals surface area contributed by atoms with E-state index in [1.807, 2.05) is 43.3 Å². The Hall–Kier alpha value is -2.57. The van der Waals surface area contributed by atoms with Gasteiger partial charge >= 0.3 is 0 Å². The van der Waals surface area contributed by atoms with Crippen LogP contribution in [0.1, 0.15) is 11.1 Å². The minimum absolute atomic E-state index is 0.0916. The molecule has 0 heterocycles. The first-order valence-electron chi connectivity index (χ1n) is 8.11. The van der Waals surface area contributed by atoms with Crippen molar-refractivity contribution < 1.29 is 19.4 Å². The van der Waals surface area contributed by atoms with Gasteiger partial charge in [-0.25, -0.2) is 0 Å². The quantitative estimate of drug-likeness (QED) is 0.607. The van der Waals surface area contributed by atoms with Gasteiger partial charge in [-0.1, -0.05) is 24.3 Å². The van der Waals surface area contributed by atoms with Gasteiger partial charge < -0.3 is 25.2 Å². The molecule has 25 heavy (non-hydrogen) atoms. The van der Waals surface area contributed by atoms with Gasteiger partial charge in [0.15, 0.2) is 18.1 Å². The third kappa shape index (κ3) is 5.77. The molecule has 0 fully saturated rings. The lowest BCUT2D eigenvalue weighted by molar-refractivity contribution is -0.118. The van der Waals surface area contributed by atoms with E-state index < -0.39 is 0 Å². The Labute approximate surface area is 147 Å². The van der Waals surface area contributed by atoms with Gasteiger partial charge in [0, 0.05) is 18.8 Å². The number of rotatable bonds is 9. The molecule has 2 aromatic rings. The number of ether oxygens (including phenoxy) is 2. The normalized spacial score (nSPS) is 10.4. The minimum atomic E-state index is -0.231. The Morgan fingerprint density at radius 2 is 1.96 bits per heavy atom. The highest BCUT2D eigenvalue weighted by Gasteiger charge is 2.09. The number of amides is 1. The number of hydrogen-bond acceptors (Lipinski definition) is 5. The second-order valence-electron chi connectivity index (χ2n) is 5.54. The third-order valence-corrected chi connectivity index (χ3v) is 3.62. The zero-order valence-electron chi connectivity index (χ0n) is 14.5. The molecule has 2 rings (SSSR count). The topological polar surface area (TPSA) is 79.8 Å². The summed E-state index contributed by atoms with van der Waals surface area (Å²) in [5, 5.41) is 14.7. The van der Waals surface area contributed by atoms with E-state index in [1.54, 1.807) is 13.2 Å². The van der Waals surface area contributed by atoms with E-state index >= 15 is 0 Å². The first kappa shape index (κ1) is 18.8.